The van der Waals surface area contributed by atoms with Crippen LogP contribution < -0.4 is 0 Å². The van der Waals surface area contributed by atoms with Crippen molar-refractivity contribution in [3.05, 3.63) is 0 Å². The Balaban J connectivity index is 3.85. The minimum atomic E-state index is -4.05. The third-order valence-corrected chi connectivity index (χ3v) is 2.98. The SMILES string of the molecule is CCCCCC(CO)S(=O)(=O)O. The number of aliphatic hydroxyl groups is 1. The summed E-state index contributed by atoms with van der Waals surface area (Å²) in [5, 5.41) is 7.63. The fraction of sp³-hybridized carbons (Fsp3) is 1.00. The third-order valence-electron chi connectivity index (χ3n) is 1.75. The van der Waals surface area contributed by atoms with E-state index in [0.29, 0.717) is 6.42 Å². The second-order valence-electron chi connectivity index (χ2n) is 2.82. The van der Waals surface area contributed by atoms with Crippen molar-refractivity contribution in [3.63, 3.8) is 0 Å². The van der Waals surface area contributed by atoms with E-state index in [1.165, 1.54) is 0 Å². The molecule has 12 heavy (non-hydrogen) atoms. The van der Waals surface area contributed by atoms with Gasteiger partial charge in [0, 0.05) is 0 Å². The summed E-state index contributed by atoms with van der Waals surface area (Å²) in [4.78, 5) is 0. The van der Waals surface area contributed by atoms with E-state index in [4.69, 9.17) is 9.66 Å². The molecule has 1 atom stereocenters. The van der Waals surface area contributed by atoms with Crippen molar-refractivity contribution >= 4 is 10.1 Å². The van der Waals surface area contributed by atoms with Crippen LogP contribution in [0.2, 0.25) is 0 Å². The topological polar surface area (TPSA) is 74.6 Å². The fourth-order valence-electron chi connectivity index (χ4n) is 0.956. The van der Waals surface area contributed by atoms with Crippen molar-refractivity contribution in [2.45, 2.75) is 37.9 Å². The van der Waals surface area contributed by atoms with Crippen molar-refractivity contribution in [1.82, 2.24) is 0 Å². The number of unbranched alkanes of at least 4 members (excludes halogenated alkanes) is 2. The summed E-state index contributed by atoms with van der Waals surface area (Å²) in [5.74, 6) is 0. The molecule has 4 nitrogen and oxygen atoms in total. The molecule has 0 fully saturated rings. The Morgan fingerprint density at radius 1 is 1.33 bits per heavy atom. The van der Waals surface area contributed by atoms with Crippen LogP contribution in [0.1, 0.15) is 32.6 Å². The molecule has 0 bridgehead atoms. The van der Waals surface area contributed by atoms with Gasteiger partial charge in [-0.25, -0.2) is 0 Å². The molecule has 0 saturated heterocycles. The monoisotopic (exact) mass is 196 g/mol. The van der Waals surface area contributed by atoms with Crippen LogP contribution in [0.5, 0.6) is 0 Å². The normalized spacial score (nSPS) is 14.6. The molecule has 0 saturated carbocycles. The van der Waals surface area contributed by atoms with Gasteiger partial charge in [-0.05, 0) is 6.42 Å². The van der Waals surface area contributed by atoms with Gasteiger partial charge in [0.2, 0.25) is 0 Å². The van der Waals surface area contributed by atoms with Gasteiger partial charge >= 0.3 is 0 Å². The van der Waals surface area contributed by atoms with Crippen molar-refractivity contribution in [2.24, 2.45) is 0 Å². The van der Waals surface area contributed by atoms with Gasteiger partial charge in [-0.2, -0.15) is 8.42 Å². The predicted octanol–water partition coefficient (Wildman–Crippen LogP) is 0.815. The zero-order valence-corrected chi connectivity index (χ0v) is 8.05. The van der Waals surface area contributed by atoms with Crippen molar-refractivity contribution in [3.8, 4) is 0 Å². The molecule has 0 aromatic rings. The molecule has 0 radical (unpaired) electrons. The Hall–Kier alpha value is -0.130. The lowest BCUT2D eigenvalue weighted by molar-refractivity contribution is 0.276. The fourth-order valence-corrected chi connectivity index (χ4v) is 1.61. The summed E-state index contributed by atoms with van der Waals surface area (Å²) in [7, 11) is -4.05. The molecule has 1 unspecified atom stereocenters. The van der Waals surface area contributed by atoms with Crippen LogP contribution >= 0.6 is 0 Å². The molecular weight excluding hydrogens is 180 g/mol. The minimum Gasteiger partial charge on any atom is -0.395 e. The maximum atomic E-state index is 10.6. The van der Waals surface area contributed by atoms with Crippen molar-refractivity contribution in [2.75, 3.05) is 6.61 Å². The first-order valence-corrected chi connectivity index (χ1v) is 5.59. The van der Waals surface area contributed by atoms with Gasteiger partial charge in [0.25, 0.3) is 10.1 Å². The van der Waals surface area contributed by atoms with E-state index in [1.807, 2.05) is 6.92 Å². The summed E-state index contributed by atoms with van der Waals surface area (Å²) in [5.41, 5.74) is 0. The Morgan fingerprint density at radius 3 is 2.25 bits per heavy atom. The first kappa shape index (κ1) is 11.9. The summed E-state index contributed by atoms with van der Waals surface area (Å²) in [6.07, 6.45) is 2.97. The predicted molar refractivity (Wildman–Crippen MR) is 46.6 cm³/mol. The van der Waals surface area contributed by atoms with Gasteiger partial charge in [0.1, 0.15) is 5.25 Å². The summed E-state index contributed by atoms with van der Waals surface area (Å²) < 4.78 is 29.7. The first-order valence-electron chi connectivity index (χ1n) is 4.09. The van der Waals surface area contributed by atoms with Crippen molar-refractivity contribution < 1.29 is 18.1 Å². The summed E-state index contributed by atoms with van der Waals surface area (Å²) >= 11 is 0. The minimum absolute atomic E-state index is 0.336. The van der Waals surface area contributed by atoms with E-state index < -0.39 is 22.0 Å². The lowest BCUT2D eigenvalue weighted by Gasteiger charge is -2.09. The molecule has 0 heterocycles. The Kier molecular flexibility index (Phi) is 5.44. The molecule has 2 N–H and O–H groups in total. The van der Waals surface area contributed by atoms with Gasteiger partial charge in [-0.1, -0.05) is 26.2 Å². The number of hydrogen-bond donors (Lipinski definition) is 2. The molecule has 74 valence electrons. The quantitative estimate of drug-likeness (QED) is 0.487. The van der Waals surface area contributed by atoms with E-state index in [9.17, 15) is 8.42 Å². The highest BCUT2D eigenvalue weighted by molar-refractivity contribution is 7.86. The molecule has 0 amide bonds. The zero-order chi connectivity index (χ0) is 9.61. The van der Waals surface area contributed by atoms with Crippen LogP contribution in [0, 0.1) is 0 Å². The Labute approximate surface area is 73.4 Å². The second kappa shape index (κ2) is 5.50. The lowest BCUT2D eigenvalue weighted by atomic mass is 10.2. The molecule has 0 aliphatic heterocycles. The van der Waals surface area contributed by atoms with Gasteiger partial charge in [0.15, 0.2) is 0 Å². The molecule has 0 aromatic heterocycles. The summed E-state index contributed by atoms with van der Waals surface area (Å²) in [6, 6.07) is 0. The van der Waals surface area contributed by atoms with Crippen LogP contribution in [-0.4, -0.2) is 29.9 Å². The second-order valence-corrected chi connectivity index (χ2v) is 4.51. The Bertz CT molecular complexity index is 197. The average molecular weight is 196 g/mol. The van der Waals surface area contributed by atoms with E-state index in [-0.39, 0.29) is 0 Å². The van der Waals surface area contributed by atoms with Crippen LogP contribution in [0.4, 0.5) is 0 Å². The van der Waals surface area contributed by atoms with E-state index in [2.05, 4.69) is 0 Å². The standard InChI is InChI=1S/C7H16O4S/c1-2-3-4-5-7(6-8)12(9,10)11/h7-8H,2-6H2,1H3,(H,9,10,11). The highest BCUT2D eigenvalue weighted by Gasteiger charge is 2.20. The molecule has 0 spiro atoms. The van der Waals surface area contributed by atoms with E-state index >= 15 is 0 Å². The van der Waals surface area contributed by atoms with Crippen LogP contribution in [0.15, 0.2) is 0 Å². The van der Waals surface area contributed by atoms with Crippen LogP contribution in [0.25, 0.3) is 0 Å². The lowest BCUT2D eigenvalue weighted by Crippen LogP contribution is -2.24. The first-order chi connectivity index (χ1) is 5.52. The van der Waals surface area contributed by atoms with E-state index in [0.717, 1.165) is 19.3 Å². The Morgan fingerprint density at radius 2 is 1.92 bits per heavy atom. The number of aliphatic hydroxyl groups excluding tert-OH is 1. The van der Waals surface area contributed by atoms with Gasteiger partial charge in [0.05, 0.1) is 6.61 Å². The van der Waals surface area contributed by atoms with Gasteiger partial charge in [-0.3, -0.25) is 4.55 Å². The highest BCUT2D eigenvalue weighted by atomic mass is 32.2. The maximum absolute atomic E-state index is 10.6. The van der Waals surface area contributed by atoms with Gasteiger partial charge < -0.3 is 5.11 Å². The van der Waals surface area contributed by atoms with Crippen LogP contribution in [-0.2, 0) is 10.1 Å². The molecule has 0 aliphatic rings. The molecule has 5 heteroatoms. The molecular formula is C7H16O4S. The third kappa shape index (κ3) is 4.69. The van der Waals surface area contributed by atoms with Crippen LogP contribution in [0.3, 0.4) is 0 Å². The van der Waals surface area contributed by atoms with Gasteiger partial charge in [-0.15, -0.1) is 0 Å². The highest BCUT2D eigenvalue weighted by Crippen LogP contribution is 2.09. The molecule has 0 aliphatic carbocycles. The number of hydrogen-bond acceptors (Lipinski definition) is 3. The smallest absolute Gasteiger partial charge is 0.270 e. The van der Waals surface area contributed by atoms with Crippen molar-refractivity contribution in [1.29, 1.82) is 0 Å². The largest absolute Gasteiger partial charge is 0.395 e. The average Bonchev–Trinajstić information content (AvgIpc) is 1.95. The maximum Gasteiger partial charge on any atom is 0.270 e. The molecule has 0 aromatic carbocycles. The van der Waals surface area contributed by atoms with E-state index in [1.54, 1.807) is 0 Å². The summed E-state index contributed by atoms with van der Waals surface area (Å²) in [6.45, 7) is 1.50. The zero-order valence-electron chi connectivity index (χ0n) is 7.23. The molecule has 0 rings (SSSR count). The number of rotatable bonds is 6.